The average molecular weight is 308 g/mol. The van der Waals surface area contributed by atoms with Gasteiger partial charge in [0, 0.05) is 29.1 Å². The number of thioether (sulfide) groups is 1. The molecule has 0 spiro atoms. The summed E-state index contributed by atoms with van der Waals surface area (Å²) < 4.78 is 0. The van der Waals surface area contributed by atoms with Crippen LogP contribution in [-0.4, -0.2) is 40.6 Å². The van der Waals surface area contributed by atoms with E-state index in [1.165, 1.54) is 0 Å². The van der Waals surface area contributed by atoms with Gasteiger partial charge in [-0.25, -0.2) is 0 Å². The maximum atomic E-state index is 10.8. The first-order valence-electron chi connectivity index (χ1n) is 5.46. The summed E-state index contributed by atoms with van der Waals surface area (Å²) in [6, 6.07) is 7.85. The van der Waals surface area contributed by atoms with Crippen molar-refractivity contribution in [3.63, 3.8) is 0 Å². The summed E-state index contributed by atoms with van der Waals surface area (Å²) in [5.74, 6) is 1.17. The molecule has 1 aliphatic heterocycles. The molecular formula is C12H15Cl2NO2S. The quantitative estimate of drug-likeness (QED) is 0.932. The van der Waals surface area contributed by atoms with Gasteiger partial charge in [0.15, 0.2) is 0 Å². The fourth-order valence-electron chi connectivity index (χ4n) is 1.99. The third-order valence-corrected chi connectivity index (χ3v) is 4.11. The largest absolute Gasteiger partial charge is 0.480 e. The van der Waals surface area contributed by atoms with Crippen LogP contribution in [0.2, 0.25) is 5.02 Å². The van der Waals surface area contributed by atoms with Gasteiger partial charge in [-0.2, -0.15) is 11.8 Å². The summed E-state index contributed by atoms with van der Waals surface area (Å²) in [5.41, 5.74) is 1.14. The molecule has 1 unspecified atom stereocenters. The van der Waals surface area contributed by atoms with E-state index in [1.54, 1.807) is 0 Å². The lowest BCUT2D eigenvalue weighted by Crippen LogP contribution is -2.39. The van der Waals surface area contributed by atoms with Crippen molar-refractivity contribution >= 4 is 41.7 Å². The minimum Gasteiger partial charge on any atom is -0.480 e. The molecule has 0 radical (unpaired) electrons. The first-order chi connectivity index (χ1) is 8.16. The smallest absolute Gasteiger partial charge is 0.317 e. The van der Waals surface area contributed by atoms with Gasteiger partial charge >= 0.3 is 5.97 Å². The molecule has 18 heavy (non-hydrogen) atoms. The normalized spacial score (nSPS) is 20.2. The zero-order chi connectivity index (χ0) is 12.3. The maximum Gasteiger partial charge on any atom is 0.317 e. The maximum absolute atomic E-state index is 10.8. The fraction of sp³-hybridized carbons (Fsp3) is 0.417. The molecule has 2 rings (SSSR count). The van der Waals surface area contributed by atoms with Gasteiger partial charge in [0.1, 0.15) is 0 Å². The minimum absolute atomic E-state index is 0. The molecule has 1 aromatic rings. The zero-order valence-corrected chi connectivity index (χ0v) is 12.1. The van der Waals surface area contributed by atoms with Gasteiger partial charge in [-0.15, -0.1) is 12.4 Å². The van der Waals surface area contributed by atoms with E-state index >= 15 is 0 Å². The first kappa shape index (κ1) is 15.6. The molecule has 1 fully saturated rings. The standard InChI is InChI=1S/C12H14ClNO2S.ClH/c13-10-3-1-9(2-4-10)11-8-17-6-5-14(11)7-12(15)16;/h1-4,11H,5-8H2,(H,15,16);1H. The van der Waals surface area contributed by atoms with Gasteiger partial charge in [0.25, 0.3) is 0 Å². The van der Waals surface area contributed by atoms with Crippen molar-refractivity contribution in [1.29, 1.82) is 0 Å². The van der Waals surface area contributed by atoms with Gasteiger partial charge in [-0.3, -0.25) is 9.69 Å². The van der Waals surface area contributed by atoms with E-state index in [9.17, 15) is 4.79 Å². The first-order valence-corrected chi connectivity index (χ1v) is 6.99. The zero-order valence-electron chi connectivity index (χ0n) is 9.71. The lowest BCUT2D eigenvalue weighted by molar-refractivity contribution is -0.138. The van der Waals surface area contributed by atoms with Crippen LogP contribution in [0.3, 0.4) is 0 Å². The van der Waals surface area contributed by atoms with E-state index in [1.807, 2.05) is 40.9 Å². The highest BCUT2D eigenvalue weighted by Crippen LogP contribution is 2.29. The van der Waals surface area contributed by atoms with E-state index in [-0.39, 0.29) is 25.0 Å². The second kappa shape index (κ2) is 7.24. The summed E-state index contributed by atoms with van der Waals surface area (Å²) in [7, 11) is 0. The van der Waals surface area contributed by atoms with Crippen molar-refractivity contribution in [2.24, 2.45) is 0 Å². The Bertz CT molecular complexity index is 400. The monoisotopic (exact) mass is 307 g/mol. The minimum atomic E-state index is -0.768. The molecule has 1 N–H and O–H groups in total. The molecule has 6 heteroatoms. The average Bonchev–Trinajstić information content (AvgIpc) is 2.30. The van der Waals surface area contributed by atoms with Crippen molar-refractivity contribution in [3.05, 3.63) is 34.9 Å². The van der Waals surface area contributed by atoms with Crippen molar-refractivity contribution in [2.75, 3.05) is 24.6 Å². The molecule has 1 aromatic carbocycles. The topological polar surface area (TPSA) is 40.5 Å². The number of benzene rings is 1. The van der Waals surface area contributed by atoms with Crippen LogP contribution in [0.4, 0.5) is 0 Å². The Hall–Kier alpha value is -0.420. The highest BCUT2D eigenvalue weighted by Gasteiger charge is 2.25. The van der Waals surface area contributed by atoms with Crippen molar-refractivity contribution in [3.8, 4) is 0 Å². The van der Waals surface area contributed by atoms with Crippen LogP contribution in [0.1, 0.15) is 11.6 Å². The third-order valence-electron chi connectivity index (χ3n) is 2.83. The highest BCUT2D eigenvalue weighted by atomic mass is 35.5. The number of carboxylic acid groups (broad SMARTS) is 1. The molecule has 3 nitrogen and oxygen atoms in total. The van der Waals surface area contributed by atoms with Crippen molar-refractivity contribution in [2.45, 2.75) is 6.04 Å². The van der Waals surface area contributed by atoms with Crippen LogP contribution >= 0.6 is 35.8 Å². The Morgan fingerprint density at radius 2 is 2.11 bits per heavy atom. The molecule has 0 bridgehead atoms. The SMILES string of the molecule is Cl.O=C(O)CN1CCSCC1c1ccc(Cl)cc1. The van der Waals surface area contributed by atoms with Crippen LogP contribution in [0, 0.1) is 0 Å². The molecule has 1 atom stereocenters. The van der Waals surface area contributed by atoms with Crippen LogP contribution in [0.25, 0.3) is 0 Å². The number of hydrogen-bond donors (Lipinski definition) is 1. The molecule has 1 aliphatic rings. The summed E-state index contributed by atoms with van der Waals surface area (Å²) >= 11 is 7.72. The van der Waals surface area contributed by atoms with E-state index < -0.39 is 5.97 Å². The van der Waals surface area contributed by atoms with Crippen LogP contribution < -0.4 is 0 Å². The van der Waals surface area contributed by atoms with Crippen molar-refractivity contribution in [1.82, 2.24) is 4.90 Å². The molecule has 1 saturated heterocycles. The molecular weight excluding hydrogens is 293 g/mol. The van der Waals surface area contributed by atoms with E-state index in [0.29, 0.717) is 5.02 Å². The fourth-order valence-corrected chi connectivity index (χ4v) is 3.28. The molecule has 0 amide bonds. The summed E-state index contributed by atoms with van der Waals surface area (Å²) in [6.45, 7) is 0.929. The lowest BCUT2D eigenvalue weighted by Gasteiger charge is -2.34. The van der Waals surface area contributed by atoms with E-state index in [0.717, 1.165) is 23.6 Å². The Morgan fingerprint density at radius 3 is 2.72 bits per heavy atom. The Labute approximate surface area is 122 Å². The summed E-state index contributed by atoms with van der Waals surface area (Å²) in [5, 5.41) is 9.62. The van der Waals surface area contributed by atoms with E-state index in [2.05, 4.69) is 0 Å². The number of carboxylic acids is 1. The van der Waals surface area contributed by atoms with E-state index in [4.69, 9.17) is 16.7 Å². The van der Waals surface area contributed by atoms with Crippen LogP contribution in [0.5, 0.6) is 0 Å². The highest BCUT2D eigenvalue weighted by molar-refractivity contribution is 7.99. The number of hydrogen-bond acceptors (Lipinski definition) is 3. The van der Waals surface area contributed by atoms with Gasteiger partial charge in [-0.05, 0) is 17.7 Å². The number of halogens is 2. The van der Waals surface area contributed by atoms with Gasteiger partial charge < -0.3 is 5.11 Å². The summed E-state index contributed by atoms with van der Waals surface area (Å²) in [6.07, 6.45) is 0. The summed E-state index contributed by atoms with van der Waals surface area (Å²) in [4.78, 5) is 12.8. The predicted molar refractivity (Wildman–Crippen MR) is 78.0 cm³/mol. The molecule has 100 valence electrons. The third kappa shape index (κ3) is 4.05. The second-order valence-electron chi connectivity index (χ2n) is 4.01. The van der Waals surface area contributed by atoms with Crippen molar-refractivity contribution < 1.29 is 9.90 Å². The molecule has 0 saturated carbocycles. The predicted octanol–water partition coefficient (Wildman–Crippen LogP) is 2.94. The van der Waals surface area contributed by atoms with Gasteiger partial charge in [-0.1, -0.05) is 23.7 Å². The Morgan fingerprint density at radius 1 is 1.44 bits per heavy atom. The molecule has 0 aromatic heterocycles. The number of rotatable bonds is 3. The Balaban J connectivity index is 0.00000162. The number of carbonyl (C=O) groups is 1. The van der Waals surface area contributed by atoms with Crippen LogP contribution in [-0.2, 0) is 4.79 Å². The lowest BCUT2D eigenvalue weighted by atomic mass is 10.1. The van der Waals surface area contributed by atoms with Gasteiger partial charge in [0.05, 0.1) is 6.54 Å². The second-order valence-corrected chi connectivity index (χ2v) is 5.59. The van der Waals surface area contributed by atoms with Gasteiger partial charge in [0.2, 0.25) is 0 Å². The Kier molecular flexibility index (Phi) is 6.29. The number of aliphatic carboxylic acids is 1. The molecule has 0 aliphatic carbocycles. The molecule has 1 heterocycles. The van der Waals surface area contributed by atoms with Crippen LogP contribution in [0.15, 0.2) is 24.3 Å². The number of nitrogens with zero attached hydrogens (tertiary/aromatic N) is 1.